The molecule has 0 aromatic heterocycles. The molecule has 0 fully saturated rings. The number of nitrogens with one attached hydrogen (secondary N) is 1. The third kappa shape index (κ3) is 4.48. The monoisotopic (exact) mass is 315 g/mol. The van der Waals surface area contributed by atoms with Gasteiger partial charge in [0.1, 0.15) is 0 Å². The number of nitrogens with zero attached hydrogens (tertiary/aromatic N) is 1. The van der Waals surface area contributed by atoms with Crippen molar-refractivity contribution in [1.82, 2.24) is 4.72 Å². The van der Waals surface area contributed by atoms with Crippen LogP contribution < -0.4 is 10.5 Å². The Labute approximate surface area is 124 Å². The van der Waals surface area contributed by atoms with Crippen LogP contribution in [0.3, 0.4) is 0 Å². The molecule has 0 unspecified atom stereocenters. The number of para-hydroxylation sites is 1. The predicted molar refractivity (Wildman–Crippen MR) is 80.4 cm³/mol. The highest BCUT2D eigenvalue weighted by molar-refractivity contribution is 7.89. The quantitative estimate of drug-likeness (QED) is 0.560. The lowest BCUT2D eigenvalue weighted by Gasteiger charge is -2.26. The molecule has 1 aromatic carbocycles. The summed E-state index contributed by atoms with van der Waals surface area (Å²) in [4.78, 5) is 9.85. The van der Waals surface area contributed by atoms with Gasteiger partial charge in [0.25, 0.3) is 5.69 Å². The van der Waals surface area contributed by atoms with Gasteiger partial charge in [-0.15, -0.1) is 0 Å². The first-order valence-corrected chi connectivity index (χ1v) is 8.26. The number of benzene rings is 1. The van der Waals surface area contributed by atoms with E-state index in [1.54, 1.807) is 0 Å². The van der Waals surface area contributed by atoms with E-state index in [9.17, 15) is 18.5 Å². The molecule has 0 radical (unpaired) electrons. The van der Waals surface area contributed by atoms with Crippen LogP contribution >= 0.6 is 0 Å². The van der Waals surface area contributed by atoms with E-state index < -0.39 is 26.2 Å². The number of nitrogens with two attached hydrogens (primary N) is 1. The number of rotatable bonds is 8. The fourth-order valence-corrected chi connectivity index (χ4v) is 3.15. The SMILES string of the molecule is CCC(N)(CC)CCNS(=O)(=O)c1ccccc1[N+](=O)[O-]. The molecule has 118 valence electrons. The van der Waals surface area contributed by atoms with Gasteiger partial charge in [0.05, 0.1) is 4.92 Å². The summed E-state index contributed by atoms with van der Waals surface area (Å²) < 4.78 is 26.7. The Hall–Kier alpha value is -1.51. The first-order chi connectivity index (χ1) is 9.75. The minimum Gasteiger partial charge on any atom is -0.325 e. The van der Waals surface area contributed by atoms with Gasteiger partial charge in [-0.05, 0) is 25.3 Å². The Morgan fingerprint density at radius 2 is 1.86 bits per heavy atom. The highest BCUT2D eigenvalue weighted by Gasteiger charge is 2.26. The predicted octanol–water partition coefficient (Wildman–Crippen LogP) is 1.78. The van der Waals surface area contributed by atoms with Gasteiger partial charge in [-0.2, -0.15) is 0 Å². The molecule has 0 aliphatic rings. The van der Waals surface area contributed by atoms with Crippen molar-refractivity contribution in [3.05, 3.63) is 34.4 Å². The second kappa shape index (κ2) is 6.97. The van der Waals surface area contributed by atoms with Gasteiger partial charge in [-0.25, -0.2) is 13.1 Å². The van der Waals surface area contributed by atoms with E-state index in [0.29, 0.717) is 6.42 Å². The molecule has 0 saturated heterocycles. The van der Waals surface area contributed by atoms with Crippen molar-refractivity contribution in [1.29, 1.82) is 0 Å². The summed E-state index contributed by atoms with van der Waals surface area (Å²) in [6.07, 6.45) is 1.94. The number of nitro benzene ring substituents is 1. The normalized spacial score (nSPS) is 12.3. The Kier molecular flexibility index (Phi) is 5.82. The molecule has 0 amide bonds. The lowest BCUT2D eigenvalue weighted by atomic mass is 9.91. The molecule has 0 spiro atoms. The molecule has 7 nitrogen and oxygen atoms in total. The summed E-state index contributed by atoms with van der Waals surface area (Å²) in [5.41, 5.74) is 5.24. The van der Waals surface area contributed by atoms with Gasteiger partial charge in [0.2, 0.25) is 10.0 Å². The first kappa shape index (κ1) is 17.5. The van der Waals surface area contributed by atoms with Gasteiger partial charge in [-0.1, -0.05) is 26.0 Å². The Morgan fingerprint density at radius 1 is 1.29 bits per heavy atom. The maximum absolute atomic E-state index is 12.2. The molecule has 0 atom stereocenters. The molecule has 1 rings (SSSR count). The molecule has 8 heteroatoms. The lowest BCUT2D eigenvalue weighted by Crippen LogP contribution is -2.42. The standard InChI is InChI=1S/C13H21N3O4S/c1-3-13(14,4-2)9-10-15-21(19,20)12-8-6-5-7-11(12)16(17)18/h5-8,15H,3-4,9-10,14H2,1-2H3. The van der Waals surface area contributed by atoms with Crippen molar-refractivity contribution < 1.29 is 13.3 Å². The number of sulfonamides is 1. The van der Waals surface area contributed by atoms with Crippen LogP contribution in [0.1, 0.15) is 33.1 Å². The topological polar surface area (TPSA) is 115 Å². The van der Waals surface area contributed by atoms with Crippen molar-refractivity contribution in [3.8, 4) is 0 Å². The maximum Gasteiger partial charge on any atom is 0.289 e. The molecule has 1 aromatic rings. The zero-order chi connectivity index (χ0) is 16.1. The maximum atomic E-state index is 12.2. The van der Waals surface area contributed by atoms with Crippen LogP contribution in [-0.2, 0) is 10.0 Å². The van der Waals surface area contributed by atoms with E-state index in [4.69, 9.17) is 5.73 Å². The molecule has 21 heavy (non-hydrogen) atoms. The van der Waals surface area contributed by atoms with E-state index >= 15 is 0 Å². The fourth-order valence-electron chi connectivity index (χ4n) is 1.95. The van der Waals surface area contributed by atoms with Gasteiger partial charge in [-0.3, -0.25) is 10.1 Å². The largest absolute Gasteiger partial charge is 0.325 e. The lowest BCUT2D eigenvalue weighted by molar-refractivity contribution is -0.387. The van der Waals surface area contributed by atoms with Crippen molar-refractivity contribution in [2.24, 2.45) is 5.73 Å². The zero-order valence-electron chi connectivity index (χ0n) is 12.2. The Morgan fingerprint density at radius 3 is 2.38 bits per heavy atom. The second-order valence-electron chi connectivity index (χ2n) is 4.94. The van der Waals surface area contributed by atoms with Gasteiger partial charge >= 0.3 is 0 Å². The summed E-state index contributed by atoms with van der Waals surface area (Å²) >= 11 is 0. The third-order valence-corrected chi connectivity index (χ3v) is 5.18. The van der Waals surface area contributed by atoms with Crippen LogP contribution in [0.2, 0.25) is 0 Å². The average molecular weight is 315 g/mol. The minimum absolute atomic E-state index is 0.145. The van der Waals surface area contributed by atoms with Crippen LogP contribution in [-0.4, -0.2) is 25.4 Å². The first-order valence-electron chi connectivity index (χ1n) is 6.77. The third-order valence-electron chi connectivity index (χ3n) is 3.67. The van der Waals surface area contributed by atoms with Crippen LogP contribution in [0.4, 0.5) is 5.69 Å². The van der Waals surface area contributed by atoms with Crippen molar-refractivity contribution in [2.75, 3.05) is 6.54 Å². The highest BCUT2D eigenvalue weighted by Crippen LogP contribution is 2.23. The van der Waals surface area contributed by atoms with E-state index in [2.05, 4.69) is 4.72 Å². The second-order valence-corrected chi connectivity index (χ2v) is 6.68. The van der Waals surface area contributed by atoms with Crippen molar-refractivity contribution in [2.45, 2.75) is 43.5 Å². The summed E-state index contributed by atoms with van der Waals surface area (Å²) in [5, 5.41) is 10.9. The van der Waals surface area contributed by atoms with E-state index in [0.717, 1.165) is 12.8 Å². The molecule has 3 N–H and O–H groups in total. The molecule has 0 aliphatic carbocycles. The molecule has 0 aliphatic heterocycles. The van der Waals surface area contributed by atoms with E-state index in [1.165, 1.54) is 24.3 Å². The van der Waals surface area contributed by atoms with Crippen LogP contribution in [0, 0.1) is 10.1 Å². The Balaban J connectivity index is 2.87. The van der Waals surface area contributed by atoms with E-state index in [-0.39, 0.29) is 11.4 Å². The summed E-state index contributed by atoms with van der Waals surface area (Å²) in [6, 6.07) is 5.26. The summed E-state index contributed by atoms with van der Waals surface area (Å²) in [7, 11) is -3.92. The zero-order valence-corrected chi connectivity index (χ0v) is 13.0. The highest BCUT2D eigenvalue weighted by atomic mass is 32.2. The molecular weight excluding hydrogens is 294 g/mol. The molecular formula is C13H21N3O4S. The number of hydrogen-bond donors (Lipinski definition) is 2. The van der Waals surface area contributed by atoms with Crippen molar-refractivity contribution >= 4 is 15.7 Å². The molecule has 0 saturated carbocycles. The van der Waals surface area contributed by atoms with E-state index in [1.807, 2.05) is 13.8 Å². The van der Waals surface area contributed by atoms with Gasteiger partial charge in [0.15, 0.2) is 4.90 Å². The average Bonchev–Trinajstić information content (AvgIpc) is 2.46. The van der Waals surface area contributed by atoms with Crippen LogP contribution in [0.25, 0.3) is 0 Å². The van der Waals surface area contributed by atoms with Gasteiger partial charge in [0, 0.05) is 18.2 Å². The molecule has 0 bridgehead atoms. The fraction of sp³-hybridized carbons (Fsp3) is 0.538. The molecule has 0 heterocycles. The van der Waals surface area contributed by atoms with Gasteiger partial charge < -0.3 is 5.73 Å². The van der Waals surface area contributed by atoms with Crippen molar-refractivity contribution in [3.63, 3.8) is 0 Å². The van der Waals surface area contributed by atoms with Crippen LogP contribution in [0.5, 0.6) is 0 Å². The smallest absolute Gasteiger partial charge is 0.289 e. The Bertz CT molecular complexity index is 597. The van der Waals surface area contributed by atoms with Crippen LogP contribution in [0.15, 0.2) is 29.2 Å². The summed E-state index contributed by atoms with van der Waals surface area (Å²) in [5.74, 6) is 0. The minimum atomic E-state index is -3.92. The number of nitro groups is 1. The number of hydrogen-bond acceptors (Lipinski definition) is 5. The summed E-state index contributed by atoms with van der Waals surface area (Å²) in [6.45, 7) is 4.03.